The Morgan fingerprint density at radius 3 is 2.63 bits per heavy atom. The standard InChI is InChI=1S/C30H39BBrNO8/c1-2-6-18(13-19-14-21(32)9-10-24(19)35)8-11-25-27-20(17-34)15-22-28(23(27)16-31(40)41-25)30(39)33(29(22)38)12-5-3-4-7-26(36)37/h9-10,13-14,22-23,25,28,34-35,40H,2-8,11-12,15-17H2,1H3,(H,36,37)/b18-13+/t22-,23+,25-,28-/m1/s1. The summed E-state index contributed by atoms with van der Waals surface area (Å²) in [5, 5.41) is 40.2. The molecule has 222 valence electrons. The number of hydrogen-bond acceptors (Lipinski definition) is 7. The minimum Gasteiger partial charge on any atom is -0.507 e. The summed E-state index contributed by atoms with van der Waals surface area (Å²) in [5.41, 5.74) is 3.37. The van der Waals surface area contributed by atoms with E-state index in [9.17, 15) is 29.6 Å². The SMILES string of the molecule is CCC/C(=C\c1cc(Br)ccc1O)CC[C@H]1OB(O)C[C@H]2C1=C(CO)C[C@H]1C(=O)N(CCCCCC(=O)O)C(=O)[C@H]12. The van der Waals surface area contributed by atoms with Crippen LogP contribution in [0, 0.1) is 17.8 Å². The van der Waals surface area contributed by atoms with Crippen LogP contribution in [0.1, 0.15) is 70.3 Å². The quantitative estimate of drug-likeness (QED) is 0.107. The Balaban J connectivity index is 1.52. The van der Waals surface area contributed by atoms with E-state index in [4.69, 9.17) is 9.76 Å². The normalized spacial score (nSPS) is 24.6. The molecule has 2 amide bonds. The molecule has 1 aromatic carbocycles. The number of carboxylic acid groups (broad SMARTS) is 1. The van der Waals surface area contributed by atoms with E-state index in [1.54, 1.807) is 12.1 Å². The molecule has 0 bridgehead atoms. The van der Waals surface area contributed by atoms with E-state index >= 15 is 0 Å². The van der Waals surface area contributed by atoms with Crippen molar-refractivity contribution < 1.29 is 39.4 Å². The molecule has 0 aromatic heterocycles. The third-order valence-electron chi connectivity index (χ3n) is 8.51. The van der Waals surface area contributed by atoms with Crippen molar-refractivity contribution in [3.05, 3.63) is 45.0 Å². The number of benzene rings is 1. The maximum Gasteiger partial charge on any atom is 0.455 e. The van der Waals surface area contributed by atoms with E-state index in [0.29, 0.717) is 43.2 Å². The number of aliphatic hydroxyl groups excluding tert-OH is 1. The van der Waals surface area contributed by atoms with Gasteiger partial charge in [0.25, 0.3) is 0 Å². The van der Waals surface area contributed by atoms with Crippen LogP contribution in [-0.2, 0) is 19.0 Å². The molecule has 2 aliphatic heterocycles. The number of hydrogen-bond donors (Lipinski definition) is 4. The Hall–Kier alpha value is -2.47. The van der Waals surface area contributed by atoms with E-state index in [2.05, 4.69) is 22.9 Å². The van der Waals surface area contributed by atoms with E-state index in [0.717, 1.165) is 28.5 Å². The molecule has 0 spiro atoms. The number of carbonyl (C=O) groups excluding carboxylic acids is 2. The lowest BCUT2D eigenvalue weighted by atomic mass is 9.58. The molecule has 11 heteroatoms. The fourth-order valence-electron chi connectivity index (χ4n) is 6.69. The van der Waals surface area contributed by atoms with Crippen molar-refractivity contribution in [3.8, 4) is 5.75 Å². The van der Waals surface area contributed by atoms with Gasteiger partial charge in [-0.25, -0.2) is 0 Å². The highest BCUT2D eigenvalue weighted by atomic mass is 79.9. The summed E-state index contributed by atoms with van der Waals surface area (Å²) in [7, 11) is -1.09. The Bertz CT molecular complexity index is 1220. The summed E-state index contributed by atoms with van der Waals surface area (Å²) < 4.78 is 6.86. The van der Waals surface area contributed by atoms with Crippen molar-refractivity contribution in [2.45, 2.75) is 77.1 Å². The van der Waals surface area contributed by atoms with Crippen molar-refractivity contribution in [2.75, 3.05) is 13.2 Å². The molecule has 9 nitrogen and oxygen atoms in total. The second-order valence-electron chi connectivity index (χ2n) is 11.3. The van der Waals surface area contributed by atoms with E-state index < -0.39 is 36.9 Å². The van der Waals surface area contributed by atoms with Gasteiger partial charge in [0, 0.05) is 23.0 Å². The molecule has 1 aliphatic carbocycles. The van der Waals surface area contributed by atoms with Crippen LogP contribution >= 0.6 is 15.9 Å². The number of carboxylic acids is 1. The van der Waals surface area contributed by atoms with E-state index in [1.165, 1.54) is 4.90 Å². The van der Waals surface area contributed by atoms with Crippen LogP contribution in [0.2, 0.25) is 6.32 Å². The molecule has 4 rings (SSSR count). The van der Waals surface area contributed by atoms with Crippen molar-refractivity contribution in [3.63, 3.8) is 0 Å². The van der Waals surface area contributed by atoms with Crippen molar-refractivity contribution >= 4 is 46.9 Å². The number of phenols is 1. The number of unbranched alkanes of at least 4 members (excludes halogenated alkanes) is 2. The number of fused-ring (bicyclic) bond motifs is 3. The third kappa shape index (κ3) is 7.31. The molecular weight excluding hydrogens is 593 g/mol. The number of amides is 2. The molecule has 3 aliphatic rings. The lowest BCUT2D eigenvalue weighted by Crippen LogP contribution is -2.46. The van der Waals surface area contributed by atoms with Crippen LogP contribution < -0.4 is 0 Å². The van der Waals surface area contributed by atoms with Crippen LogP contribution in [-0.4, -0.2) is 69.4 Å². The molecule has 2 heterocycles. The first-order valence-corrected chi connectivity index (χ1v) is 15.3. The van der Waals surface area contributed by atoms with Crippen LogP contribution in [0.25, 0.3) is 6.08 Å². The van der Waals surface area contributed by atoms with E-state index in [-0.39, 0.29) is 49.9 Å². The van der Waals surface area contributed by atoms with Crippen LogP contribution in [0.15, 0.2) is 39.4 Å². The average molecular weight is 632 g/mol. The average Bonchev–Trinajstić information content (AvgIpc) is 3.17. The molecule has 0 saturated carbocycles. The fraction of sp³-hybridized carbons (Fsp3) is 0.567. The maximum absolute atomic E-state index is 13.6. The molecule has 4 atom stereocenters. The Morgan fingerprint density at radius 1 is 1.15 bits per heavy atom. The molecule has 1 aromatic rings. The number of halogens is 1. The number of nitrogens with zero attached hydrogens (tertiary/aromatic N) is 1. The molecule has 2 fully saturated rings. The summed E-state index contributed by atoms with van der Waals surface area (Å²) in [6.45, 7) is 2.09. The van der Waals surface area contributed by atoms with Gasteiger partial charge in [0.05, 0.1) is 24.5 Å². The van der Waals surface area contributed by atoms with Gasteiger partial charge in [0.1, 0.15) is 5.75 Å². The smallest absolute Gasteiger partial charge is 0.455 e. The highest BCUT2D eigenvalue weighted by Gasteiger charge is 2.57. The molecule has 41 heavy (non-hydrogen) atoms. The van der Waals surface area contributed by atoms with Gasteiger partial charge in [0.2, 0.25) is 11.8 Å². The molecule has 0 unspecified atom stereocenters. The first-order valence-electron chi connectivity index (χ1n) is 14.6. The highest BCUT2D eigenvalue weighted by Crippen LogP contribution is 2.50. The zero-order valence-electron chi connectivity index (χ0n) is 23.4. The molecular formula is C30H39BBrNO8. The lowest BCUT2D eigenvalue weighted by Gasteiger charge is -2.43. The molecule has 0 radical (unpaired) electrons. The van der Waals surface area contributed by atoms with E-state index in [1.807, 2.05) is 12.1 Å². The van der Waals surface area contributed by atoms with Gasteiger partial charge in [-0.15, -0.1) is 0 Å². The van der Waals surface area contributed by atoms with Crippen molar-refractivity contribution in [1.82, 2.24) is 4.90 Å². The number of allylic oxidation sites excluding steroid dienone is 1. The number of carbonyl (C=O) groups is 3. The number of imide groups is 1. The largest absolute Gasteiger partial charge is 0.507 e. The zero-order valence-corrected chi connectivity index (χ0v) is 25.0. The van der Waals surface area contributed by atoms with Crippen LogP contribution in [0.5, 0.6) is 5.75 Å². The first kappa shape index (κ1) is 31.5. The number of aliphatic carboxylic acids is 1. The van der Waals surface area contributed by atoms with Gasteiger partial charge in [-0.1, -0.05) is 47.3 Å². The predicted octanol–water partition coefficient (Wildman–Crippen LogP) is 4.55. The van der Waals surface area contributed by atoms with Gasteiger partial charge in [-0.2, -0.15) is 0 Å². The van der Waals surface area contributed by atoms with Gasteiger partial charge in [-0.05, 0) is 80.1 Å². The first-order chi connectivity index (χ1) is 19.6. The van der Waals surface area contributed by atoms with Gasteiger partial charge in [0.15, 0.2) is 0 Å². The fourth-order valence-corrected chi connectivity index (χ4v) is 7.07. The summed E-state index contributed by atoms with van der Waals surface area (Å²) in [6.07, 6.45) is 6.52. The summed E-state index contributed by atoms with van der Waals surface area (Å²) in [5.74, 6) is -2.74. The number of rotatable bonds is 13. The van der Waals surface area contributed by atoms with Gasteiger partial charge in [-0.3, -0.25) is 19.3 Å². The highest BCUT2D eigenvalue weighted by molar-refractivity contribution is 9.10. The summed E-state index contributed by atoms with van der Waals surface area (Å²) in [4.78, 5) is 39.0. The Morgan fingerprint density at radius 2 is 1.93 bits per heavy atom. The number of aliphatic hydroxyl groups is 1. The zero-order chi connectivity index (χ0) is 29.7. The monoisotopic (exact) mass is 631 g/mol. The third-order valence-corrected chi connectivity index (χ3v) is 9.00. The maximum atomic E-state index is 13.6. The van der Waals surface area contributed by atoms with Gasteiger partial charge >= 0.3 is 13.1 Å². The number of likely N-dealkylation sites (tertiary alicyclic amines) is 1. The molecule has 4 N–H and O–H groups in total. The number of aromatic hydroxyl groups is 1. The van der Waals surface area contributed by atoms with Crippen LogP contribution in [0.4, 0.5) is 0 Å². The minimum absolute atomic E-state index is 0.0564. The Labute approximate surface area is 249 Å². The lowest BCUT2D eigenvalue weighted by molar-refractivity contribution is -0.141. The number of phenolic OH excluding ortho intramolecular Hbond substituents is 1. The molecule has 2 saturated heterocycles. The van der Waals surface area contributed by atoms with Crippen molar-refractivity contribution in [1.29, 1.82) is 0 Å². The Kier molecular flexibility index (Phi) is 10.8. The summed E-state index contributed by atoms with van der Waals surface area (Å²) in [6, 6.07) is 5.27. The predicted molar refractivity (Wildman–Crippen MR) is 158 cm³/mol. The second-order valence-corrected chi connectivity index (χ2v) is 12.2. The minimum atomic E-state index is -1.09. The second kappa shape index (κ2) is 14.1. The summed E-state index contributed by atoms with van der Waals surface area (Å²) >= 11 is 3.45. The van der Waals surface area contributed by atoms with Crippen molar-refractivity contribution in [2.24, 2.45) is 17.8 Å². The topological polar surface area (TPSA) is 145 Å². The van der Waals surface area contributed by atoms with Crippen LogP contribution in [0.3, 0.4) is 0 Å². The van der Waals surface area contributed by atoms with Gasteiger partial charge < -0.3 is 25.0 Å².